The molecule has 0 bridgehead atoms. The molecule has 2 aromatic rings. The number of sulfonamides is 2. The molecule has 0 spiro atoms. The van der Waals surface area contributed by atoms with Crippen molar-refractivity contribution in [3.8, 4) is 0 Å². The predicted octanol–water partition coefficient (Wildman–Crippen LogP) is 3.06. The maximum absolute atomic E-state index is 13.8. The molecular formula is C16H16ClFN2O4S2. The zero-order chi connectivity index (χ0) is 18.9. The van der Waals surface area contributed by atoms with Crippen LogP contribution in [0.25, 0.3) is 0 Å². The van der Waals surface area contributed by atoms with Crippen molar-refractivity contribution in [3.63, 3.8) is 0 Å². The number of hydrogen-bond donors (Lipinski definition) is 1. The minimum Gasteiger partial charge on any atom is -0.277 e. The Morgan fingerprint density at radius 2 is 1.50 bits per heavy atom. The second-order valence-electron chi connectivity index (χ2n) is 5.81. The molecule has 1 N–H and O–H groups in total. The topological polar surface area (TPSA) is 83.5 Å². The highest BCUT2D eigenvalue weighted by molar-refractivity contribution is 7.92. The van der Waals surface area contributed by atoms with Gasteiger partial charge in [-0.15, -0.1) is 0 Å². The number of rotatable bonds is 5. The van der Waals surface area contributed by atoms with E-state index in [-0.39, 0.29) is 20.5 Å². The third-order valence-electron chi connectivity index (χ3n) is 4.01. The average molecular weight is 419 g/mol. The van der Waals surface area contributed by atoms with Crippen molar-refractivity contribution in [1.29, 1.82) is 0 Å². The Hall–Kier alpha value is -1.68. The number of halogens is 2. The van der Waals surface area contributed by atoms with Crippen LogP contribution in [0, 0.1) is 5.82 Å². The number of nitrogens with one attached hydrogen (secondary N) is 1. The minimum atomic E-state index is -4.07. The first-order valence-electron chi connectivity index (χ1n) is 7.78. The maximum Gasteiger partial charge on any atom is 0.261 e. The van der Waals surface area contributed by atoms with Crippen LogP contribution < -0.4 is 4.72 Å². The molecule has 0 atom stereocenters. The molecule has 0 radical (unpaired) electrons. The van der Waals surface area contributed by atoms with Gasteiger partial charge < -0.3 is 0 Å². The molecule has 0 aliphatic carbocycles. The molecule has 1 aliphatic rings. The second kappa shape index (κ2) is 7.15. The standard InChI is InChI=1S/C16H16ClFN2O4S2/c17-12-3-8-16(15(18)11-12)19-25(21,22)13-4-6-14(7-5-13)26(23,24)20-9-1-2-10-20/h3-8,11,19H,1-2,9-10H2. The minimum absolute atomic E-state index is 0.0241. The van der Waals surface area contributed by atoms with Crippen molar-refractivity contribution in [2.75, 3.05) is 17.8 Å². The van der Waals surface area contributed by atoms with E-state index in [2.05, 4.69) is 4.72 Å². The first-order chi connectivity index (χ1) is 12.2. The molecule has 0 unspecified atom stereocenters. The monoisotopic (exact) mass is 418 g/mol. The summed E-state index contributed by atoms with van der Waals surface area (Å²) in [6, 6.07) is 8.39. The second-order valence-corrected chi connectivity index (χ2v) is 9.87. The summed E-state index contributed by atoms with van der Waals surface area (Å²) < 4.78 is 67.0. The Bertz CT molecular complexity index is 1020. The van der Waals surface area contributed by atoms with Gasteiger partial charge >= 0.3 is 0 Å². The van der Waals surface area contributed by atoms with Gasteiger partial charge in [0.25, 0.3) is 10.0 Å². The van der Waals surface area contributed by atoms with Gasteiger partial charge in [0.05, 0.1) is 15.5 Å². The highest BCUT2D eigenvalue weighted by Crippen LogP contribution is 2.25. The van der Waals surface area contributed by atoms with E-state index in [0.717, 1.165) is 18.9 Å². The van der Waals surface area contributed by atoms with Crippen molar-refractivity contribution in [2.45, 2.75) is 22.6 Å². The summed E-state index contributed by atoms with van der Waals surface area (Å²) in [4.78, 5) is -0.150. The largest absolute Gasteiger partial charge is 0.277 e. The number of benzene rings is 2. The summed E-state index contributed by atoms with van der Waals surface area (Å²) >= 11 is 5.64. The third kappa shape index (κ3) is 3.85. The number of nitrogens with zero attached hydrogens (tertiary/aromatic N) is 1. The van der Waals surface area contributed by atoms with Crippen molar-refractivity contribution >= 4 is 37.3 Å². The van der Waals surface area contributed by atoms with E-state index in [1.807, 2.05) is 0 Å². The van der Waals surface area contributed by atoms with E-state index in [0.29, 0.717) is 13.1 Å². The van der Waals surface area contributed by atoms with Gasteiger partial charge in [0.1, 0.15) is 5.82 Å². The Morgan fingerprint density at radius 3 is 2.08 bits per heavy atom. The van der Waals surface area contributed by atoms with Gasteiger partial charge in [-0.25, -0.2) is 21.2 Å². The molecule has 1 aliphatic heterocycles. The Balaban J connectivity index is 1.85. The molecule has 6 nitrogen and oxygen atoms in total. The summed E-state index contributed by atoms with van der Waals surface area (Å²) in [7, 11) is -7.70. The van der Waals surface area contributed by atoms with Crippen LogP contribution in [0.5, 0.6) is 0 Å². The molecule has 3 rings (SSSR count). The van der Waals surface area contributed by atoms with Gasteiger partial charge in [0.2, 0.25) is 10.0 Å². The van der Waals surface area contributed by atoms with E-state index < -0.39 is 25.9 Å². The lowest BCUT2D eigenvalue weighted by Crippen LogP contribution is -2.27. The summed E-state index contributed by atoms with van der Waals surface area (Å²) in [5, 5.41) is 0.141. The normalized spacial score (nSPS) is 15.9. The van der Waals surface area contributed by atoms with Gasteiger partial charge in [-0.05, 0) is 55.3 Å². The van der Waals surface area contributed by atoms with Crippen molar-refractivity contribution in [1.82, 2.24) is 4.31 Å². The van der Waals surface area contributed by atoms with E-state index in [9.17, 15) is 21.2 Å². The Labute approximate surface area is 156 Å². The Kier molecular flexibility index (Phi) is 5.25. The fourth-order valence-electron chi connectivity index (χ4n) is 2.64. The fraction of sp³-hybridized carbons (Fsp3) is 0.250. The van der Waals surface area contributed by atoms with Gasteiger partial charge in [-0.1, -0.05) is 11.6 Å². The molecule has 0 aromatic heterocycles. The van der Waals surface area contributed by atoms with Crippen LogP contribution >= 0.6 is 11.6 Å². The highest BCUT2D eigenvalue weighted by Gasteiger charge is 2.27. The first-order valence-corrected chi connectivity index (χ1v) is 11.1. The maximum atomic E-state index is 13.8. The third-order valence-corrected chi connectivity index (χ3v) is 7.54. The van der Waals surface area contributed by atoms with Crippen LogP contribution in [0.3, 0.4) is 0 Å². The van der Waals surface area contributed by atoms with Crippen LogP contribution in [-0.2, 0) is 20.0 Å². The first kappa shape index (κ1) is 19.1. The quantitative estimate of drug-likeness (QED) is 0.808. The predicted molar refractivity (Wildman–Crippen MR) is 96.7 cm³/mol. The molecule has 1 fully saturated rings. The molecule has 0 saturated carbocycles. The van der Waals surface area contributed by atoms with Crippen LogP contribution in [0.15, 0.2) is 52.3 Å². The molecular weight excluding hydrogens is 403 g/mol. The van der Waals surface area contributed by atoms with Crippen molar-refractivity contribution < 1.29 is 21.2 Å². The van der Waals surface area contributed by atoms with Crippen LogP contribution in [0.2, 0.25) is 5.02 Å². The highest BCUT2D eigenvalue weighted by atomic mass is 35.5. The zero-order valence-electron chi connectivity index (χ0n) is 13.5. The van der Waals surface area contributed by atoms with E-state index in [1.54, 1.807) is 0 Å². The zero-order valence-corrected chi connectivity index (χ0v) is 15.9. The molecule has 140 valence electrons. The molecule has 10 heteroatoms. The van der Waals surface area contributed by atoms with Crippen LogP contribution in [0.1, 0.15) is 12.8 Å². The summed E-state index contributed by atoms with van der Waals surface area (Å²) in [5.41, 5.74) is -0.247. The van der Waals surface area contributed by atoms with Gasteiger partial charge in [0, 0.05) is 18.1 Å². The molecule has 1 saturated heterocycles. The lowest BCUT2D eigenvalue weighted by molar-refractivity contribution is 0.477. The van der Waals surface area contributed by atoms with Crippen LogP contribution in [0.4, 0.5) is 10.1 Å². The van der Waals surface area contributed by atoms with Crippen molar-refractivity contribution in [2.24, 2.45) is 0 Å². The molecule has 1 heterocycles. The summed E-state index contributed by atoms with van der Waals surface area (Å²) in [5.74, 6) is -0.811. The van der Waals surface area contributed by atoms with E-state index in [4.69, 9.17) is 11.6 Å². The van der Waals surface area contributed by atoms with Crippen molar-refractivity contribution in [3.05, 3.63) is 53.3 Å². The number of hydrogen-bond acceptors (Lipinski definition) is 4. The van der Waals surface area contributed by atoms with E-state index in [1.165, 1.54) is 40.7 Å². The van der Waals surface area contributed by atoms with Gasteiger partial charge in [0.15, 0.2) is 0 Å². The smallest absolute Gasteiger partial charge is 0.261 e. The fourth-order valence-corrected chi connectivity index (χ4v) is 5.39. The SMILES string of the molecule is O=S(=O)(Nc1ccc(Cl)cc1F)c1ccc(S(=O)(=O)N2CCCC2)cc1. The summed E-state index contributed by atoms with van der Waals surface area (Å²) in [6.45, 7) is 0.916. The van der Waals surface area contributed by atoms with E-state index >= 15 is 0 Å². The van der Waals surface area contributed by atoms with Gasteiger partial charge in [-0.3, -0.25) is 4.72 Å². The lowest BCUT2D eigenvalue weighted by Gasteiger charge is -2.15. The number of anilines is 1. The molecule has 2 aromatic carbocycles. The average Bonchev–Trinajstić information content (AvgIpc) is 3.13. The summed E-state index contributed by atoms with van der Waals surface area (Å²) in [6.07, 6.45) is 1.62. The van der Waals surface area contributed by atoms with Crippen LogP contribution in [-0.4, -0.2) is 34.2 Å². The van der Waals surface area contributed by atoms with Gasteiger partial charge in [-0.2, -0.15) is 4.31 Å². The Morgan fingerprint density at radius 1 is 0.923 bits per heavy atom. The lowest BCUT2D eigenvalue weighted by atomic mass is 10.3. The molecule has 26 heavy (non-hydrogen) atoms. The molecule has 0 amide bonds.